The van der Waals surface area contributed by atoms with E-state index in [1.54, 1.807) is 30.3 Å². The number of hydrogen-bond acceptors (Lipinski definition) is 7. The van der Waals surface area contributed by atoms with E-state index in [0.29, 0.717) is 17.2 Å². The van der Waals surface area contributed by atoms with Crippen LogP contribution in [0.25, 0.3) is 11.3 Å². The van der Waals surface area contributed by atoms with Crippen LogP contribution in [0.15, 0.2) is 42.6 Å². The van der Waals surface area contributed by atoms with E-state index in [2.05, 4.69) is 35.1 Å². The summed E-state index contributed by atoms with van der Waals surface area (Å²) in [6.07, 6.45) is -1.55. The van der Waals surface area contributed by atoms with Gasteiger partial charge in [-0.3, -0.25) is 9.69 Å². The standard InChI is InChI=1S/C28H28F4N6O2/c1-27(2)20-7-3-16(13-19(20)25(39)36-27)24-21(29)15-33-26(35-24)34-22-14-18(6-8-23(22)40-28(30,31)32)38-11-9-37(10-12-38)17-4-5-17/h3,6-8,13-15,17H,4-5,9-12H2,1-2H3,(H,36,39)(H,33,34,35). The fraction of sp³-hybridized carbons (Fsp3) is 0.393. The Morgan fingerprint density at radius 1 is 1.07 bits per heavy atom. The molecule has 0 bridgehead atoms. The average Bonchev–Trinajstić information content (AvgIpc) is 3.72. The number of carbonyl (C=O) groups excluding carboxylic acids is 1. The first-order chi connectivity index (χ1) is 19.0. The highest BCUT2D eigenvalue weighted by Crippen LogP contribution is 2.37. The van der Waals surface area contributed by atoms with Gasteiger partial charge in [-0.25, -0.2) is 14.4 Å². The number of anilines is 3. The molecule has 12 heteroatoms. The number of benzene rings is 2. The van der Waals surface area contributed by atoms with Gasteiger partial charge in [0, 0.05) is 49.0 Å². The van der Waals surface area contributed by atoms with Crippen LogP contribution >= 0.6 is 0 Å². The summed E-state index contributed by atoms with van der Waals surface area (Å²) in [5, 5.41) is 5.67. The first-order valence-electron chi connectivity index (χ1n) is 13.1. The topological polar surface area (TPSA) is 82.6 Å². The Morgan fingerprint density at radius 3 is 2.52 bits per heavy atom. The lowest BCUT2D eigenvalue weighted by Gasteiger charge is -2.36. The molecule has 0 atom stereocenters. The molecular weight excluding hydrogens is 528 g/mol. The van der Waals surface area contributed by atoms with E-state index in [4.69, 9.17) is 0 Å². The lowest BCUT2D eigenvalue weighted by atomic mass is 9.93. The summed E-state index contributed by atoms with van der Waals surface area (Å²) < 4.78 is 58.7. The summed E-state index contributed by atoms with van der Waals surface area (Å²) in [4.78, 5) is 25.2. The van der Waals surface area contributed by atoms with Gasteiger partial charge in [-0.2, -0.15) is 0 Å². The van der Waals surface area contributed by atoms with Crippen LogP contribution < -0.4 is 20.3 Å². The first-order valence-corrected chi connectivity index (χ1v) is 13.1. The van der Waals surface area contributed by atoms with Crippen molar-refractivity contribution in [3.05, 3.63) is 59.5 Å². The molecular formula is C28H28F4N6O2. The van der Waals surface area contributed by atoms with E-state index in [1.807, 2.05) is 13.8 Å². The number of halogens is 4. The number of rotatable bonds is 6. The van der Waals surface area contributed by atoms with Crippen LogP contribution in [0.2, 0.25) is 0 Å². The minimum absolute atomic E-state index is 0.00733. The molecule has 0 radical (unpaired) electrons. The number of fused-ring (bicyclic) bond motifs is 1. The zero-order valence-corrected chi connectivity index (χ0v) is 22.0. The number of alkyl halides is 3. The number of nitrogens with zero attached hydrogens (tertiary/aromatic N) is 4. The van der Waals surface area contributed by atoms with Crippen LogP contribution in [0, 0.1) is 5.82 Å². The molecule has 1 aromatic heterocycles. The summed E-state index contributed by atoms with van der Waals surface area (Å²) in [6.45, 7) is 6.99. The molecule has 0 unspecified atom stereocenters. The highest BCUT2D eigenvalue weighted by Gasteiger charge is 2.36. The molecule has 1 aliphatic carbocycles. The molecule has 0 spiro atoms. The van der Waals surface area contributed by atoms with E-state index in [1.165, 1.54) is 18.9 Å². The molecule has 3 aliphatic rings. The maximum Gasteiger partial charge on any atom is 0.573 e. The molecule has 2 aromatic carbocycles. The average molecular weight is 557 g/mol. The van der Waals surface area contributed by atoms with Crippen LogP contribution in [0.1, 0.15) is 42.6 Å². The number of ether oxygens (including phenoxy) is 1. The Kier molecular flexibility index (Phi) is 6.32. The number of aromatic nitrogens is 2. The predicted molar refractivity (Wildman–Crippen MR) is 141 cm³/mol. The molecule has 6 rings (SSSR count). The van der Waals surface area contributed by atoms with E-state index < -0.39 is 23.5 Å². The Morgan fingerprint density at radius 2 is 1.82 bits per heavy atom. The largest absolute Gasteiger partial charge is 0.573 e. The van der Waals surface area contributed by atoms with Crippen molar-refractivity contribution in [1.82, 2.24) is 20.2 Å². The quantitative estimate of drug-likeness (QED) is 0.405. The molecule has 1 saturated carbocycles. The molecule has 2 fully saturated rings. The van der Waals surface area contributed by atoms with Crippen molar-refractivity contribution >= 4 is 23.2 Å². The second-order valence-corrected chi connectivity index (χ2v) is 10.8. The van der Waals surface area contributed by atoms with Gasteiger partial charge in [0.2, 0.25) is 5.95 Å². The zero-order valence-electron chi connectivity index (χ0n) is 22.0. The van der Waals surface area contributed by atoms with Crippen molar-refractivity contribution in [2.45, 2.75) is 44.6 Å². The van der Waals surface area contributed by atoms with E-state index >= 15 is 0 Å². The van der Waals surface area contributed by atoms with Crippen LogP contribution in [0.5, 0.6) is 5.75 Å². The second kappa shape index (κ2) is 9.61. The highest BCUT2D eigenvalue weighted by molar-refractivity contribution is 6.01. The van der Waals surface area contributed by atoms with Gasteiger partial charge in [-0.05, 0) is 56.5 Å². The second-order valence-electron chi connectivity index (χ2n) is 10.8. The summed E-state index contributed by atoms with van der Waals surface area (Å²) in [5.74, 6) is -1.60. The SMILES string of the molecule is CC1(C)NC(=O)c2cc(-c3nc(Nc4cc(N5CCN(C6CC6)CC5)ccc4OC(F)(F)F)ncc3F)ccc21. The number of hydrogen-bond donors (Lipinski definition) is 2. The number of nitrogens with one attached hydrogen (secondary N) is 2. The minimum Gasteiger partial charge on any atom is -0.404 e. The first kappa shape index (κ1) is 26.3. The fourth-order valence-corrected chi connectivity index (χ4v) is 5.40. The van der Waals surface area contributed by atoms with Crippen LogP contribution in [0.3, 0.4) is 0 Å². The lowest BCUT2D eigenvalue weighted by molar-refractivity contribution is -0.274. The van der Waals surface area contributed by atoms with Gasteiger partial charge >= 0.3 is 6.36 Å². The summed E-state index contributed by atoms with van der Waals surface area (Å²) in [5.41, 5.74) is 1.58. The third-order valence-corrected chi connectivity index (χ3v) is 7.56. The Hall–Kier alpha value is -3.93. The van der Waals surface area contributed by atoms with Crippen LogP contribution in [-0.4, -0.2) is 59.4 Å². The van der Waals surface area contributed by atoms with Gasteiger partial charge in [-0.15, -0.1) is 13.2 Å². The van der Waals surface area contributed by atoms with Gasteiger partial charge < -0.3 is 20.3 Å². The van der Waals surface area contributed by atoms with E-state index in [9.17, 15) is 22.4 Å². The third kappa shape index (κ3) is 5.27. The van der Waals surface area contributed by atoms with Crippen LogP contribution in [-0.2, 0) is 5.54 Å². The maximum atomic E-state index is 14.9. The van der Waals surface area contributed by atoms with Crippen molar-refractivity contribution in [1.29, 1.82) is 0 Å². The van der Waals surface area contributed by atoms with Crippen molar-refractivity contribution in [2.75, 3.05) is 36.4 Å². The smallest absolute Gasteiger partial charge is 0.404 e. The molecule has 1 amide bonds. The van der Waals surface area contributed by atoms with Crippen LogP contribution in [0.4, 0.5) is 34.9 Å². The monoisotopic (exact) mass is 556 g/mol. The molecule has 40 heavy (non-hydrogen) atoms. The van der Waals surface area contributed by atoms with Gasteiger partial charge in [0.1, 0.15) is 5.69 Å². The molecule has 210 valence electrons. The number of carbonyl (C=O) groups is 1. The minimum atomic E-state index is -4.92. The Bertz CT molecular complexity index is 1470. The molecule has 2 N–H and O–H groups in total. The Labute approximate surface area is 228 Å². The van der Waals surface area contributed by atoms with Crippen molar-refractivity contribution in [2.24, 2.45) is 0 Å². The molecule has 1 saturated heterocycles. The predicted octanol–water partition coefficient (Wildman–Crippen LogP) is 5.19. The summed E-state index contributed by atoms with van der Waals surface area (Å²) in [6, 6.07) is 9.99. The van der Waals surface area contributed by atoms with Crippen molar-refractivity contribution < 1.29 is 27.1 Å². The molecule has 3 aromatic rings. The summed E-state index contributed by atoms with van der Waals surface area (Å²) in [7, 11) is 0. The molecule has 3 heterocycles. The zero-order chi connectivity index (χ0) is 28.2. The van der Waals surface area contributed by atoms with E-state index in [0.717, 1.165) is 43.6 Å². The van der Waals surface area contributed by atoms with Crippen molar-refractivity contribution in [3.8, 4) is 17.0 Å². The van der Waals surface area contributed by atoms with Gasteiger partial charge in [-0.1, -0.05) is 12.1 Å². The number of amides is 1. The normalized spacial score (nSPS) is 18.9. The van der Waals surface area contributed by atoms with E-state index in [-0.39, 0.29) is 23.2 Å². The Balaban J connectivity index is 1.30. The lowest BCUT2D eigenvalue weighted by Crippen LogP contribution is -2.47. The third-order valence-electron chi connectivity index (χ3n) is 7.56. The number of piperazine rings is 1. The maximum absolute atomic E-state index is 14.9. The van der Waals surface area contributed by atoms with Gasteiger partial charge in [0.25, 0.3) is 5.91 Å². The molecule has 2 aliphatic heterocycles. The summed E-state index contributed by atoms with van der Waals surface area (Å²) >= 11 is 0. The fourth-order valence-electron chi connectivity index (χ4n) is 5.40. The van der Waals surface area contributed by atoms with Gasteiger partial charge in [0.05, 0.1) is 17.4 Å². The highest BCUT2D eigenvalue weighted by atomic mass is 19.4. The van der Waals surface area contributed by atoms with Gasteiger partial charge in [0.15, 0.2) is 11.6 Å². The van der Waals surface area contributed by atoms with Crippen molar-refractivity contribution in [3.63, 3.8) is 0 Å². The molecule has 8 nitrogen and oxygen atoms in total.